The summed E-state index contributed by atoms with van der Waals surface area (Å²) in [6.07, 6.45) is 21.0. The van der Waals surface area contributed by atoms with Gasteiger partial charge in [-0.3, -0.25) is 9.59 Å². The normalized spacial score (nSPS) is 43.3. The van der Waals surface area contributed by atoms with Crippen LogP contribution in [0.5, 0.6) is 0 Å². The lowest BCUT2D eigenvalue weighted by molar-refractivity contribution is -0.940. The molecule has 6 heteroatoms. The van der Waals surface area contributed by atoms with E-state index < -0.39 is 0 Å². The van der Waals surface area contributed by atoms with Gasteiger partial charge in [-0.15, -0.1) is 0 Å². The van der Waals surface area contributed by atoms with Crippen molar-refractivity contribution in [1.29, 1.82) is 0 Å². The van der Waals surface area contributed by atoms with Crippen LogP contribution in [0.25, 0.3) is 0 Å². The smallest absolute Gasteiger partial charge is 0.303 e. The van der Waals surface area contributed by atoms with E-state index in [1.165, 1.54) is 137 Å². The Labute approximate surface area is 257 Å². The van der Waals surface area contributed by atoms with Gasteiger partial charge in [0.25, 0.3) is 0 Å². The topological polar surface area (TPSA) is 55.8 Å². The molecule has 0 aromatic carbocycles. The quantitative estimate of drug-likeness (QED) is 0.263. The molecule has 0 aromatic rings. The summed E-state index contributed by atoms with van der Waals surface area (Å²) in [6.45, 7) is 13.6. The maximum Gasteiger partial charge on any atom is 0.303 e. The van der Waals surface area contributed by atoms with Crippen molar-refractivity contribution < 1.29 is 23.5 Å². The van der Waals surface area contributed by atoms with E-state index in [0.717, 1.165) is 34.2 Å². The monoisotopic (exact) mass is 587 g/mol. The summed E-state index contributed by atoms with van der Waals surface area (Å²) in [4.78, 5) is 25.0. The minimum Gasteiger partial charge on any atom is -0.469 e. The number of quaternary nitrogens is 1. The van der Waals surface area contributed by atoms with Crippen LogP contribution in [-0.4, -0.2) is 79.8 Å². The molecule has 0 bridgehead atoms. The molecular formula is C36H63N2O4+. The zero-order chi connectivity index (χ0) is 30.1. The van der Waals surface area contributed by atoms with Gasteiger partial charge in [0.1, 0.15) is 6.04 Å². The SMILES string of the molecule is CC(=O)OC1C([N+]2(C)CCCCC2)CC2C3CCC4CCC(N5CCCCC5)CC4(C)C3CCCC21C.COC(C)=O. The lowest BCUT2D eigenvalue weighted by atomic mass is 9.49. The van der Waals surface area contributed by atoms with E-state index in [1.807, 2.05) is 0 Å². The Balaban J connectivity index is 0.000000652. The summed E-state index contributed by atoms with van der Waals surface area (Å²) in [6, 6.07) is 1.33. The third kappa shape index (κ3) is 6.19. The third-order valence-corrected chi connectivity index (χ3v) is 13.9. The molecule has 2 saturated heterocycles. The van der Waals surface area contributed by atoms with Crippen LogP contribution in [0.2, 0.25) is 0 Å². The number of rotatable bonds is 3. The number of hydrogen-bond donors (Lipinski definition) is 0. The molecule has 0 amide bonds. The number of methoxy groups -OCH3 is 1. The minimum absolute atomic E-state index is 0.0476. The molecule has 2 heterocycles. The fourth-order valence-corrected chi connectivity index (χ4v) is 11.7. The molecule has 9 unspecified atom stereocenters. The van der Waals surface area contributed by atoms with Crippen molar-refractivity contribution in [1.82, 2.24) is 4.90 Å². The van der Waals surface area contributed by atoms with Crippen molar-refractivity contribution in [2.24, 2.45) is 34.5 Å². The molecule has 4 saturated carbocycles. The molecule has 240 valence electrons. The zero-order valence-electron chi connectivity index (χ0n) is 28.0. The Bertz CT molecular complexity index is 943. The first-order valence-electron chi connectivity index (χ1n) is 17.8. The molecule has 6 nitrogen and oxygen atoms in total. The van der Waals surface area contributed by atoms with Gasteiger partial charge < -0.3 is 18.9 Å². The largest absolute Gasteiger partial charge is 0.469 e. The summed E-state index contributed by atoms with van der Waals surface area (Å²) >= 11 is 0. The van der Waals surface area contributed by atoms with E-state index in [4.69, 9.17) is 4.74 Å². The number of hydrogen-bond acceptors (Lipinski definition) is 5. The average molecular weight is 588 g/mol. The number of nitrogens with zero attached hydrogens (tertiary/aromatic N) is 2. The Morgan fingerprint density at radius 1 is 0.786 bits per heavy atom. The van der Waals surface area contributed by atoms with E-state index in [2.05, 4.69) is 30.5 Å². The Hall–Kier alpha value is -1.14. The first-order valence-corrected chi connectivity index (χ1v) is 17.8. The number of piperidine rings is 2. The summed E-state index contributed by atoms with van der Waals surface area (Å²) in [5.74, 6) is 3.06. The van der Waals surface area contributed by atoms with Crippen LogP contribution >= 0.6 is 0 Å². The van der Waals surface area contributed by atoms with E-state index in [1.54, 1.807) is 6.92 Å². The summed E-state index contributed by atoms with van der Waals surface area (Å²) in [7, 11) is 3.86. The number of carbonyl (C=O) groups is 2. The molecule has 0 spiro atoms. The molecule has 9 atom stereocenters. The van der Waals surface area contributed by atoms with E-state index >= 15 is 0 Å². The van der Waals surface area contributed by atoms with Crippen LogP contribution in [0.15, 0.2) is 0 Å². The molecule has 0 aromatic heterocycles. The maximum atomic E-state index is 12.5. The second-order valence-electron chi connectivity index (χ2n) is 16.1. The highest BCUT2D eigenvalue weighted by atomic mass is 16.5. The van der Waals surface area contributed by atoms with Gasteiger partial charge in [-0.25, -0.2) is 0 Å². The Morgan fingerprint density at radius 2 is 1.43 bits per heavy atom. The van der Waals surface area contributed by atoms with Crippen LogP contribution in [0.3, 0.4) is 0 Å². The molecular weight excluding hydrogens is 524 g/mol. The predicted octanol–water partition coefficient (Wildman–Crippen LogP) is 6.99. The molecule has 2 aliphatic heterocycles. The second-order valence-corrected chi connectivity index (χ2v) is 16.1. The highest BCUT2D eigenvalue weighted by Gasteiger charge is 2.65. The van der Waals surface area contributed by atoms with Gasteiger partial charge in [0.15, 0.2) is 6.10 Å². The summed E-state index contributed by atoms with van der Waals surface area (Å²) in [5, 5.41) is 0. The number of esters is 2. The maximum absolute atomic E-state index is 12.5. The lowest BCUT2D eigenvalue weighted by Crippen LogP contribution is -2.60. The van der Waals surface area contributed by atoms with Crippen LogP contribution in [0.4, 0.5) is 0 Å². The molecule has 0 radical (unpaired) electrons. The number of ether oxygens (including phenoxy) is 2. The molecule has 4 aliphatic carbocycles. The Kier molecular flexibility index (Phi) is 10.0. The Morgan fingerprint density at radius 3 is 2.07 bits per heavy atom. The number of likely N-dealkylation sites (N-methyl/N-ethyl adjacent to an activating group) is 1. The van der Waals surface area contributed by atoms with Crippen molar-refractivity contribution in [3.05, 3.63) is 0 Å². The second kappa shape index (κ2) is 13.1. The van der Waals surface area contributed by atoms with Gasteiger partial charge in [0, 0.05) is 31.7 Å². The fraction of sp³-hybridized carbons (Fsp3) is 0.944. The molecule has 6 fully saturated rings. The first-order chi connectivity index (χ1) is 20.0. The van der Waals surface area contributed by atoms with Crippen molar-refractivity contribution in [3.8, 4) is 0 Å². The standard InChI is InChI=1S/C33H57N2O2.C3H6O2/c1-24(36)37-31-30(35(4)20-9-6-10-21-35)22-29-27-16-14-25-13-15-26(34-18-7-5-8-19-34)23-33(25,3)28(27)12-11-17-32(29,31)2;1-3(4)5-2/h25-31H,5-23H2,1-4H3;1-2H3/q+1;. The van der Waals surface area contributed by atoms with E-state index in [0.29, 0.717) is 11.5 Å². The number of fused-ring (bicyclic) bond motifs is 5. The number of likely N-dealkylation sites (tertiary alicyclic amines) is 2. The molecule has 42 heavy (non-hydrogen) atoms. The fourth-order valence-electron chi connectivity index (χ4n) is 11.7. The van der Waals surface area contributed by atoms with Gasteiger partial charge in [-0.05, 0) is 119 Å². The van der Waals surface area contributed by atoms with E-state index in [9.17, 15) is 9.59 Å². The minimum atomic E-state index is -0.245. The highest BCUT2D eigenvalue weighted by molar-refractivity contribution is 5.66. The van der Waals surface area contributed by atoms with Gasteiger partial charge >= 0.3 is 11.9 Å². The van der Waals surface area contributed by atoms with Crippen LogP contribution in [0.1, 0.15) is 124 Å². The van der Waals surface area contributed by atoms with Crippen molar-refractivity contribution in [2.45, 2.75) is 142 Å². The van der Waals surface area contributed by atoms with Gasteiger partial charge in [-0.1, -0.05) is 26.7 Å². The highest BCUT2D eigenvalue weighted by Crippen LogP contribution is 2.66. The van der Waals surface area contributed by atoms with Crippen LogP contribution < -0.4 is 0 Å². The average Bonchev–Trinajstić information content (AvgIpc) is 3.16. The predicted molar refractivity (Wildman–Crippen MR) is 168 cm³/mol. The van der Waals surface area contributed by atoms with Crippen LogP contribution in [-0.2, 0) is 19.1 Å². The summed E-state index contributed by atoms with van der Waals surface area (Å²) in [5.41, 5.74) is 0.658. The molecule has 6 aliphatic rings. The van der Waals surface area contributed by atoms with Gasteiger partial charge in [-0.2, -0.15) is 0 Å². The third-order valence-electron chi connectivity index (χ3n) is 13.9. The molecule has 6 rings (SSSR count). The van der Waals surface area contributed by atoms with Gasteiger partial charge in [0.05, 0.1) is 27.2 Å². The summed E-state index contributed by atoms with van der Waals surface area (Å²) < 4.78 is 11.7. The van der Waals surface area contributed by atoms with Crippen molar-refractivity contribution in [2.75, 3.05) is 40.3 Å². The molecule has 0 N–H and O–H groups in total. The van der Waals surface area contributed by atoms with Crippen molar-refractivity contribution >= 4 is 11.9 Å². The van der Waals surface area contributed by atoms with Crippen molar-refractivity contribution in [3.63, 3.8) is 0 Å². The zero-order valence-corrected chi connectivity index (χ0v) is 28.0. The lowest BCUT2D eigenvalue weighted by Gasteiger charge is -2.58. The number of carbonyl (C=O) groups excluding carboxylic acids is 2. The first kappa shape index (κ1) is 32.3. The van der Waals surface area contributed by atoms with Crippen LogP contribution in [0, 0.1) is 34.5 Å². The van der Waals surface area contributed by atoms with Gasteiger partial charge in [0.2, 0.25) is 0 Å². The van der Waals surface area contributed by atoms with E-state index in [-0.39, 0.29) is 23.5 Å².